The van der Waals surface area contributed by atoms with Crippen LogP contribution in [-0.4, -0.2) is 22.0 Å². The van der Waals surface area contributed by atoms with Crippen molar-refractivity contribution >= 4 is 57.7 Å². The van der Waals surface area contributed by atoms with Gasteiger partial charge in [-0.05, 0) is 53.7 Å². The molecule has 0 unspecified atom stereocenters. The zero-order chi connectivity index (χ0) is 23.1. The van der Waals surface area contributed by atoms with Crippen LogP contribution in [-0.2, 0) is 11.3 Å². The summed E-state index contributed by atoms with van der Waals surface area (Å²) in [4.78, 5) is 26.8. The third-order valence-electron chi connectivity index (χ3n) is 5.44. The molecule has 5 nitrogen and oxygen atoms in total. The molecule has 0 amide bonds. The average Bonchev–Trinajstić information content (AvgIpc) is 3.18. The molecule has 0 fully saturated rings. The normalized spacial score (nSPS) is 11.2. The lowest BCUT2D eigenvalue weighted by molar-refractivity contribution is 0.0601. The summed E-state index contributed by atoms with van der Waals surface area (Å²) in [5.74, 6) is -0.474. The molecule has 0 aliphatic heterocycles. The van der Waals surface area contributed by atoms with Crippen molar-refractivity contribution < 1.29 is 9.53 Å². The number of thiazole rings is 1. The fourth-order valence-electron chi connectivity index (χ4n) is 3.95. The summed E-state index contributed by atoms with van der Waals surface area (Å²) in [5.41, 5.74) is 3.28. The molecule has 5 rings (SSSR count). The molecule has 2 aromatic heterocycles. The van der Waals surface area contributed by atoms with Gasteiger partial charge in [-0.1, -0.05) is 54.1 Å². The highest BCUT2D eigenvalue weighted by Gasteiger charge is 2.20. The molecule has 0 saturated heterocycles. The first-order valence-corrected chi connectivity index (χ1v) is 11.7. The minimum atomic E-state index is -0.474. The quantitative estimate of drug-likeness (QED) is 0.221. The molecule has 164 valence electrons. The summed E-state index contributed by atoms with van der Waals surface area (Å²) >= 11 is 13.4. The van der Waals surface area contributed by atoms with Gasteiger partial charge < -0.3 is 4.74 Å². The van der Waals surface area contributed by atoms with Crippen LogP contribution in [0.3, 0.4) is 0 Å². The number of carbonyl (C=O) groups is 1. The third-order valence-corrected chi connectivity index (χ3v) is 7.09. The van der Waals surface area contributed by atoms with Crippen LogP contribution in [0, 0.1) is 3.95 Å². The Bertz CT molecular complexity index is 1650. The fraction of sp³-hybridized carbons (Fsp3) is 0.0800. The number of halogens is 1. The minimum Gasteiger partial charge on any atom is -0.465 e. The van der Waals surface area contributed by atoms with Crippen molar-refractivity contribution in [2.75, 3.05) is 7.11 Å². The van der Waals surface area contributed by atoms with Crippen LogP contribution in [0.15, 0.2) is 77.6 Å². The van der Waals surface area contributed by atoms with Gasteiger partial charge in [0.2, 0.25) is 0 Å². The van der Waals surface area contributed by atoms with E-state index >= 15 is 0 Å². The van der Waals surface area contributed by atoms with Crippen molar-refractivity contribution in [3.05, 3.63) is 103 Å². The van der Waals surface area contributed by atoms with Crippen molar-refractivity contribution in [2.24, 2.45) is 0 Å². The van der Waals surface area contributed by atoms with Crippen LogP contribution < -0.4 is 5.56 Å². The summed E-state index contributed by atoms with van der Waals surface area (Å²) in [6.45, 7) is 0.322. The summed E-state index contributed by atoms with van der Waals surface area (Å²) in [6, 6.07) is 22.2. The molecule has 0 bridgehead atoms. The fourth-order valence-corrected chi connectivity index (χ4v) is 5.59. The minimum absolute atomic E-state index is 0.175. The van der Waals surface area contributed by atoms with Gasteiger partial charge in [-0.25, -0.2) is 4.79 Å². The molecular weight excluding hydrogens is 476 g/mol. The van der Waals surface area contributed by atoms with E-state index in [-0.39, 0.29) is 5.56 Å². The zero-order valence-electron chi connectivity index (χ0n) is 17.4. The molecule has 3 aromatic carbocycles. The standard InChI is InChI=1S/C25H17ClN2O3S2/c1-31-24(30)17-10-11-19-20(13-17)28-22(21(33-25(28)32)16-7-3-2-4-8-16)27(23(19)29)14-15-6-5-9-18(26)12-15/h2-13H,14H2,1H3. The Morgan fingerprint density at radius 3 is 2.58 bits per heavy atom. The molecule has 0 spiro atoms. The number of hydrogen-bond acceptors (Lipinski definition) is 5. The largest absolute Gasteiger partial charge is 0.465 e. The first kappa shape index (κ1) is 21.6. The van der Waals surface area contributed by atoms with Gasteiger partial charge in [0.05, 0.1) is 35.0 Å². The molecule has 0 aliphatic rings. The van der Waals surface area contributed by atoms with E-state index in [0.29, 0.717) is 37.6 Å². The Balaban J connectivity index is 1.91. The van der Waals surface area contributed by atoms with Crippen molar-refractivity contribution in [2.45, 2.75) is 6.54 Å². The van der Waals surface area contributed by atoms with Gasteiger partial charge in [0, 0.05) is 5.02 Å². The highest BCUT2D eigenvalue weighted by atomic mass is 35.5. The Morgan fingerprint density at radius 2 is 1.85 bits per heavy atom. The van der Waals surface area contributed by atoms with Crippen LogP contribution in [0.25, 0.3) is 27.0 Å². The molecule has 0 aliphatic carbocycles. The second-order valence-corrected chi connectivity index (χ2v) is 9.55. The topological polar surface area (TPSA) is 52.7 Å². The summed E-state index contributed by atoms with van der Waals surface area (Å²) in [6.07, 6.45) is 0. The predicted molar refractivity (Wildman–Crippen MR) is 135 cm³/mol. The maximum absolute atomic E-state index is 13.7. The monoisotopic (exact) mass is 492 g/mol. The van der Waals surface area contributed by atoms with Gasteiger partial charge in [-0.15, -0.1) is 11.3 Å². The summed E-state index contributed by atoms with van der Waals surface area (Å²) < 4.78 is 9.05. The van der Waals surface area contributed by atoms with Crippen molar-refractivity contribution in [3.8, 4) is 10.4 Å². The Labute approximate surface area is 203 Å². The van der Waals surface area contributed by atoms with Gasteiger partial charge >= 0.3 is 5.97 Å². The third kappa shape index (κ3) is 3.78. The smallest absolute Gasteiger partial charge is 0.337 e. The highest BCUT2D eigenvalue weighted by molar-refractivity contribution is 7.73. The molecule has 0 radical (unpaired) electrons. The number of nitrogens with zero attached hydrogens (tertiary/aromatic N) is 2. The molecule has 0 N–H and O–H groups in total. The first-order valence-electron chi connectivity index (χ1n) is 10.1. The number of carbonyl (C=O) groups excluding carboxylic acids is 1. The van der Waals surface area contributed by atoms with Crippen LogP contribution in [0.1, 0.15) is 15.9 Å². The number of benzene rings is 3. The second-order valence-electron chi connectivity index (χ2n) is 7.47. The van der Waals surface area contributed by atoms with Crippen LogP contribution >= 0.6 is 35.2 Å². The van der Waals surface area contributed by atoms with E-state index in [0.717, 1.165) is 16.0 Å². The van der Waals surface area contributed by atoms with E-state index in [1.807, 2.05) is 52.9 Å². The van der Waals surface area contributed by atoms with E-state index in [1.165, 1.54) is 18.4 Å². The number of rotatable bonds is 4. The molecule has 2 heterocycles. The highest BCUT2D eigenvalue weighted by Crippen LogP contribution is 2.33. The van der Waals surface area contributed by atoms with E-state index < -0.39 is 5.97 Å². The van der Waals surface area contributed by atoms with Gasteiger partial charge in [0.1, 0.15) is 5.65 Å². The van der Waals surface area contributed by atoms with E-state index in [4.69, 9.17) is 28.6 Å². The SMILES string of the molecule is COC(=O)c1ccc2c(=O)n(Cc3cccc(Cl)c3)c3c(-c4ccccc4)sc(=S)n3c2c1. The zero-order valence-corrected chi connectivity index (χ0v) is 19.8. The summed E-state index contributed by atoms with van der Waals surface area (Å²) in [5, 5.41) is 1.07. The molecule has 0 saturated carbocycles. The number of hydrogen-bond donors (Lipinski definition) is 0. The Hall–Kier alpha value is -3.26. The Morgan fingerprint density at radius 1 is 1.06 bits per heavy atom. The van der Waals surface area contributed by atoms with Crippen LogP contribution in [0.2, 0.25) is 5.02 Å². The van der Waals surface area contributed by atoms with Gasteiger partial charge in [-0.2, -0.15) is 0 Å². The first-order chi connectivity index (χ1) is 16.0. The Kier molecular flexibility index (Phi) is 5.62. The van der Waals surface area contributed by atoms with Crippen molar-refractivity contribution in [1.82, 2.24) is 8.97 Å². The molecule has 5 aromatic rings. The van der Waals surface area contributed by atoms with Gasteiger partial charge in [-0.3, -0.25) is 13.8 Å². The van der Waals surface area contributed by atoms with Gasteiger partial charge in [0.25, 0.3) is 5.56 Å². The van der Waals surface area contributed by atoms with Gasteiger partial charge in [0.15, 0.2) is 3.95 Å². The molecule has 0 atom stereocenters. The lowest BCUT2D eigenvalue weighted by atomic mass is 10.1. The predicted octanol–water partition coefficient (Wildman–Crippen LogP) is 6.20. The molecule has 8 heteroatoms. The average molecular weight is 493 g/mol. The number of aromatic nitrogens is 2. The number of esters is 1. The number of methoxy groups -OCH3 is 1. The molecular formula is C25H17ClN2O3S2. The lowest BCUT2D eigenvalue weighted by Crippen LogP contribution is -2.24. The lowest BCUT2D eigenvalue weighted by Gasteiger charge is -2.14. The summed E-state index contributed by atoms with van der Waals surface area (Å²) in [7, 11) is 1.33. The van der Waals surface area contributed by atoms with E-state index in [9.17, 15) is 9.59 Å². The van der Waals surface area contributed by atoms with Crippen LogP contribution in [0.5, 0.6) is 0 Å². The van der Waals surface area contributed by atoms with Crippen molar-refractivity contribution in [1.29, 1.82) is 0 Å². The molecule has 33 heavy (non-hydrogen) atoms. The maximum Gasteiger partial charge on any atom is 0.337 e. The van der Waals surface area contributed by atoms with E-state index in [1.54, 1.807) is 28.8 Å². The maximum atomic E-state index is 13.7. The van der Waals surface area contributed by atoms with Crippen molar-refractivity contribution in [3.63, 3.8) is 0 Å². The number of fused-ring (bicyclic) bond motifs is 3. The second kappa shape index (κ2) is 8.59. The number of ether oxygens (including phenoxy) is 1. The van der Waals surface area contributed by atoms with Crippen LogP contribution in [0.4, 0.5) is 0 Å². The van der Waals surface area contributed by atoms with E-state index in [2.05, 4.69) is 0 Å².